The minimum atomic E-state index is -3.17. The second-order valence-corrected chi connectivity index (χ2v) is 9.29. The first-order valence-electron chi connectivity index (χ1n) is 8.70. The van der Waals surface area contributed by atoms with E-state index in [-0.39, 0.29) is 17.6 Å². The van der Waals surface area contributed by atoms with Gasteiger partial charge in [-0.3, -0.25) is 10.0 Å². The van der Waals surface area contributed by atoms with Crippen LogP contribution in [-0.4, -0.2) is 55.6 Å². The predicted molar refractivity (Wildman–Crippen MR) is 104 cm³/mol. The maximum atomic E-state index is 12.1. The fraction of sp³-hybridized carbons (Fsp3) is 0.529. The molecule has 1 saturated carbocycles. The molecule has 0 radical (unpaired) electrons. The molecule has 0 amide bonds. The van der Waals surface area contributed by atoms with Crippen LogP contribution in [0.3, 0.4) is 0 Å². The molecule has 0 saturated heterocycles. The van der Waals surface area contributed by atoms with Crippen LogP contribution >= 0.6 is 0 Å². The molecule has 26 heavy (non-hydrogen) atoms. The highest BCUT2D eigenvalue weighted by molar-refractivity contribution is 7.89. The van der Waals surface area contributed by atoms with Crippen LogP contribution in [0, 0.1) is 11.8 Å². The minimum Gasteiger partial charge on any atom is -0.346 e. The Morgan fingerprint density at radius 2 is 2.12 bits per heavy atom. The molecule has 1 aliphatic carbocycles. The van der Waals surface area contributed by atoms with Crippen LogP contribution in [0.1, 0.15) is 31.2 Å². The van der Waals surface area contributed by atoms with Gasteiger partial charge in [0.25, 0.3) is 0 Å². The number of aliphatic imine (C=N–C) groups is 2. The number of allylic oxidation sites excluding steroid dienone is 1. The Hall–Kier alpha value is -1.97. The molecule has 3 N–H and O–H groups in total. The summed E-state index contributed by atoms with van der Waals surface area (Å²) in [5.41, 5.74) is 2.58. The average Bonchev–Trinajstić information content (AvgIpc) is 3.07. The van der Waals surface area contributed by atoms with Crippen LogP contribution in [0.2, 0.25) is 0 Å². The number of fused-ring (bicyclic) bond motifs is 1. The summed E-state index contributed by atoms with van der Waals surface area (Å²) >= 11 is 0. The van der Waals surface area contributed by atoms with Crippen LogP contribution < -0.4 is 5.84 Å². The second kappa shape index (κ2) is 7.34. The van der Waals surface area contributed by atoms with Gasteiger partial charge in [0.05, 0.1) is 17.1 Å². The Balaban J connectivity index is 1.78. The van der Waals surface area contributed by atoms with E-state index in [1.165, 1.54) is 9.31 Å². The third-order valence-electron chi connectivity index (χ3n) is 5.20. The maximum Gasteiger partial charge on any atom is 0.213 e. The van der Waals surface area contributed by atoms with Crippen LogP contribution in [0.25, 0.3) is 5.70 Å². The number of rotatable bonds is 5. The standard InChI is InChI=1S/C17H26N6O2S/c1-19-15(16-14-8-9-20-17(14)21-11-23(16)18)13-6-4-12(5-7-13)10-26(24,25)22(2)3/h8-9,11-13,20H,1,4-7,10,18H2,2-3H3/b16-15-. The molecule has 142 valence electrons. The zero-order valence-electron chi connectivity index (χ0n) is 15.2. The molecule has 0 bridgehead atoms. The van der Waals surface area contributed by atoms with E-state index < -0.39 is 10.0 Å². The van der Waals surface area contributed by atoms with E-state index in [4.69, 9.17) is 5.84 Å². The highest BCUT2D eigenvalue weighted by Gasteiger charge is 2.31. The summed E-state index contributed by atoms with van der Waals surface area (Å²) in [6.45, 7) is 3.76. The number of nitrogens with zero attached hydrogens (tertiary/aromatic N) is 4. The SMILES string of the molecule is C=N/C(=C1/c2cc[nH]c2N=CN1N)C1CCC(CS(=O)(=O)N(C)C)CC1. The van der Waals surface area contributed by atoms with E-state index >= 15 is 0 Å². The predicted octanol–water partition coefficient (Wildman–Crippen LogP) is 1.93. The van der Waals surface area contributed by atoms with Crippen molar-refractivity contribution in [3.63, 3.8) is 0 Å². The van der Waals surface area contributed by atoms with E-state index in [0.717, 1.165) is 48.5 Å². The highest BCUT2D eigenvalue weighted by Crippen LogP contribution is 2.40. The molecule has 3 rings (SSSR count). The third-order valence-corrected chi connectivity index (χ3v) is 7.20. The molecule has 0 atom stereocenters. The summed E-state index contributed by atoms with van der Waals surface area (Å²) in [6.07, 6.45) is 6.83. The van der Waals surface area contributed by atoms with E-state index in [1.807, 2.05) is 12.3 Å². The van der Waals surface area contributed by atoms with Gasteiger partial charge in [0.1, 0.15) is 12.2 Å². The summed E-state index contributed by atoms with van der Waals surface area (Å²) in [6, 6.07) is 1.93. The van der Waals surface area contributed by atoms with Gasteiger partial charge >= 0.3 is 0 Å². The maximum absolute atomic E-state index is 12.1. The molecule has 1 aromatic rings. The molecule has 1 aliphatic heterocycles. The quantitative estimate of drug-likeness (QED) is 0.603. The van der Waals surface area contributed by atoms with Crippen molar-refractivity contribution in [3.8, 4) is 0 Å². The molecule has 0 aromatic carbocycles. The molecule has 9 heteroatoms. The summed E-state index contributed by atoms with van der Waals surface area (Å²) in [7, 11) is -0.000291. The molecule has 2 heterocycles. The molecular weight excluding hydrogens is 352 g/mol. The Bertz CT molecular complexity index is 831. The number of aromatic amines is 1. The van der Waals surface area contributed by atoms with E-state index in [0.29, 0.717) is 0 Å². The molecule has 1 fully saturated rings. The summed E-state index contributed by atoms with van der Waals surface area (Å²) in [4.78, 5) is 11.7. The zero-order chi connectivity index (χ0) is 18.9. The van der Waals surface area contributed by atoms with Gasteiger partial charge in [-0.2, -0.15) is 0 Å². The number of nitrogens with one attached hydrogen (secondary N) is 1. The lowest BCUT2D eigenvalue weighted by atomic mass is 9.80. The highest BCUT2D eigenvalue weighted by atomic mass is 32.2. The lowest BCUT2D eigenvalue weighted by molar-refractivity contribution is 0.316. The molecular formula is C17H26N6O2S. The van der Waals surface area contributed by atoms with Crippen molar-refractivity contribution < 1.29 is 8.42 Å². The number of hydrogen-bond acceptors (Lipinski definition) is 6. The lowest BCUT2D eigenvalue weighted by Gasteiger charge is -2.32. The van der Waals surface area contributed by atoms with Gasteiger partial charge in [0, 0.05) is 31.8 Å². The first kappa shape index (κ1) is 18.8. The van der Waals surface area contributed by atoms with Gasteiger partial charge in [0.15, 0.2) is 0 Å². The van der Waals surface area contributed by atoms with Crippen LogP contribution in [-0.2, 0) is 10.0 Å². The number of hydrogen-bond donors (Lipinski definition) is 2. The average molecular weight is 379 g/mol. The first-order valence-corrected chi connectivity index (χ1v) is 10.3. The van der Waals surface area contributed by atoms with Gasteiger partial charge in [-0.05, 0) is 44.4 Å². The smallest absolute Gasteiger partial charge is 0.213 e. The van der Waals surface area contributed by atoms with E-state index in [9.17, 15) is 8.42 Å². The number of nitrogens with two attached hydrogens (primary N) is 1. The van der Waals surface area contributed by atoms with Crippen molar-refractivity contribution in [3.05, 3.63) is 23.5 Å². The van der Waals surface area contributed by atoms with Crippen LogP contribution in [0.5, 0.6) is 0 Å². The molecule has 1 aromatic heterocycles. The summed E-state index contributed by atoms with van der Waals surface area (Å²) in [5, 5.41) is 1.49. The third kappa shape index (κ3) is 3.60. The first-order chi connectivity index (χ1) is 12.3. The van der Waals surface area contributed by atoms with Crippen molar-refractivity contribution in [1.82, 2.24) is 14.3 Å². The van der Waals surface area contributed by atoms with Crippen molar-refractivity contribution >= 4 is 34.6 Å². The van der Waals surface area contributed by atoms with Gasteiger partial charge in [-0.15, -0.1) is 0 Å². The zero-order valence-corrected chi connectivity index (χ0v) is 16.0. The fourth-order valence-corrected chi connectivity index (χ4v) is 4.92. The van der Waals surface area contributed by atoms with Gasteiger partial charge in [0.2, 0.25) is 10.0 Å². The molecule has 0 spiro atoms. The second-order valence-electron chi connectivity index (χ2n) is 7.06. The molecule has 0 unspecified atom stereocenters. The number of sulfonamides is 1. The van der Waals surface area contributed by atoms with Gasteiger partial charge in [-0.1, -0.05) is 0 Å². The van der Waals surface area contributed by atoms with Crippen molar-refractivity contribution in [2.24, 2.45) is 27.7 Å². The number of H-pyrrole nitrogens is 1. The monoisotopic (exact) mass is 378 g/mol. The number of hydrazine groups is 1. The van der Waals surface area contributed by atoms with Crippen molar-refractivity contribution in [2.45, 2.75) is 25.7 Å². The summed E-state index contributed by atoms with van der Waals surface area (Å²) < 4.78 is 25.5. The Kier molecular flexibility index (Phi) is 5.31. The minimum absolute atomic E-state index is 0.180. The lowest BCUT2D eigenvalue weighted by Crippen LogP contribution is -2.33. The van der Waals surface area contributed by atoms with Gasteiger partial charge < -0.3 is 4.98 Å². The molecule has 2 aliphatic rings. The van der Waals surface area contributed by atoms with Crippen molar-refractivity contribution in [1.29, 1.82) is 0 Å². The van der Waals surface area contributed by atoms with Gasteiger partial charge in [-0.25, -0.2) is 23.6 Å². The van der Waals surface area contributed by atoms with E-state index in [2.05, 4.69) is 21.7 Å². The normalized spacial score (nSPS) is 25.3. The Morgan fingerprint density at radius 3 is 2.73 bits per heavy atom. The van der Waals surface area contributed by atoms with E-state index in [1.54, 1.807) is 20.4 Å². The fourth-order valence-electron chi connectivity index (χ4n) is 3.69. The Labute approximate surface area is 154 Å². The molecule has 8 nitrogen and oxygen atoms in total. The largest absolute Gasteiger partial charge is 0.346 e. The number of aromatic nitrogens is 1. The summed E-state index contributed by atoms with van der Waals surface area (Å²) in [5.74, 6) is 7.47. The van der Waals surface area contributed by atoms with Crippen LogP contribution in [0.4, 0.5) is 5.82 Å². The van der Waals surface area contributed by atoms with Crippen molar-refractivity contribution in [2.75, 3.05) is 19.8 Å². The topological polar surface area (TPSA) is 107 Å². The van der Waals surface area contributed by atoms with Crippen LogP contribution in [0.15, 0.2) is 27.9 Å². The Morgan fingerprint density at radius 1 is 1.42 bits per heavy atom.